The number of hydrogen-bond acceptors (Lipinski definition) is 4. The number of hydrogen-bond donors (Lipinski definition) is 1. The van der Waals surface area contributed by atoms with Gasteiger partial charge in [-0.2, -0.15) is 0 Å². The minimum atomic E-state index is 0.415. The molecule has 150 valence electrons. The Morgan fingerprint density at radius 1 is 1.10 bits per heavy atom. The lowest BCUT2D eigenvalue weighted by Crippen LogP contribution is -2.01. The van der Waals surface area contributed by atoms with Gasteiger partial charge in [-0.05, 0) is 59.4 Å². The number of aromatic nitrogens is 1. The van der Waals surface area contributed by atoms with E-state index in [0.717, 1.165) is 28.7 Å². The van der Waals surface area contributed by atoms with E-state index in [1.807, 2.05) is 24.3 Å². The first-order valence-corrected chi connectivity index (χ1v) is 9.85. The molecule has 0 aliphatic heterocycles. The van der Waals surface area contributed by atoms with E-state index in [0.29, 0.717) is 35.4 Å². The maximum Gasteiger partial charge on any atom is 0.180 e. The fourth-order valence-electron chi connectivity index (χ4n) is 3.10. The molecule has 5 heteroatoms. The van der Waals surface area contributed by atoms with E-state index < -0.39 is 0 Å². The molecule has 2 aromatic carbocycles. The fourth-order valence-corrected chi connectivity index (χ4v) is 3.39. The molecule has 0 unspecified atom stereocenters. The molecule has 0 bridgehead atoms. The quantitative estimate of drug-likeness (QED) is 0.517. The molecule has 0 saturated carbocycles. The summed E-state index contributed by atoms with van der Waals surface area (Å²) in [6, 6.07) is 15.9. The van der Waals surface area contributed by atoms with Crippen LogP contribution in [0.4, 0.5) is 5.82 Å². The summed E-state index contributed by atoms with van der Waals surface area (Å²) in [4.78, 5) is 4.12. The third-order valence-corrected chi connectivity index (χ3v) is 5.02. The number of anilines is 1. The molecule has 0 amide bonds. The molecule has 1 aromatic heterocycles. The van der Waals surface area contributed by atoms with E-state index in [2.05, 4.69) is 42.8 Å². The van der Waals surface area contributed by atoms with Crippen molar-refractivity contribution in [1.29, 1.82) is 0 Å². The molecule has 4 nitrogen and oxygen atoms in total. The minimum absolute atomic E-state index is 0.415. The number of nitrogen functional groups attached to an aromatic ring is 1. The maximum atomic E-state index is 6.52. The molecule has 3 aromatic rings. The number of methoxy groups -OCH3 is 1. The predicted octanol–water partition coefficient (Wildman–Crippen LogP) is 5.72. The van der Waals surface area contributed by atoms with Gasteiger partial charge in [0.05, 0.1) is 12.1 Å². The van der Waals surface area contributed by atoms with Gasteiger partial charge in [0, 0.05) is 11.8 Å². The second kappa shape index (κ2) is 9.48. The lowest BCUT2D eigenvalue weighted by molar-refractivity contribution is 0.284. The molecule has 0 atom stereocenters. The molecule has 2 N–H and O–H groups in total. The van der Waals surface area contributed by atoms with Crippen molar-refractivity contribution in [3.8, 4) is 11.5 Å². The highest BCUT2D eigenvalue weighted by Gasteiger charge is 2.14. The summed E-state index contributed by atoms with van der Waals surface area (Å²) in [5.41, 5.74) is 11.0. The monoisotopic (exact) mass is 408 g/mol. The molecule has 1 heterocycles. The van der Waals surface area contributed by atoms with Crippen molar-refractivity contribution in [2.45, 2.75) is 26.4 Å². The third kappa shape index (κ3) is 5.09. The number of benzene rings is 2. The first kappa shape index (κ1) is 20.7. The van der Waals surface area contributed by atoms with Gasteiger partial charge < -0.3 is 15.2 Å². The van der Waals surface area contributed by atoms with E-state index in [-0.39, 0.29) is 0 Å². The molecule has 0 radical (unpaired) electrons. The molecule has 3 rings (SSSR count). The Hall–Kier alpha value is -2.98. The highest BCUT2D eigenvalue weighted by atomic mass is 35.5. The average molecular weight is 409 g/mol. The minimum Gasteiger partial charge on any atom is -0.493 e. The molecular weight excluding hydrogens is 384 g/mol. The average Bonchev–Trinajstić information content (AvgIpc) is 2.73. The lowest BCUT2D eigenvalue weighted by Gasteiger charge is -2.15. The number of rotatable bonds is 8. The summed E-state index contributed by atoms with van der Waals surface area (Å²) in [7, 11) is 1.60. The molecule has 0 saturated heterocycles. The first-order chi connectivity index (χ1) is 14.0. The van der Waals surface area contributed by atoms with E-state index in [9.17, 15) is 0 Å². The number of pyridine rings is 1. The van der Waals surface area contributed by atoms with Crippen molar-refractivity contribution in [3.63, 3.8) is 0 Å². The summed E-state index contributed by atoms with van der Waals surface area (Å²) in [6.45, 7) is 6.69. The van der Waals surface area contributed by atoms with Gasteiger partial charge in [0.2, 0.25) is 0 Å². The van der Waals surface area contributed by atoms with Crippen molar-refractivity contribution in [2.24, 2.45) is 0 Å². The Balaban J connectivity index is 1.76. The standard InChI is InChI=1S/C24H25ClN2O2/c1-4-17-7-9-18(10-8-17)15-29-23-21(25)13-19(14-22(23)28-3)12-16(2)20-6-5-11-27-24(20)26/h5-11,13-14H,2,4,12,15H2,1,3H3,(H2,26,27). The SMILES string of the molecule is C=C(Cc1cc(Cl)c(OCc2ccc(CC)cc2)c(OC)c1)c1cccnc1N. The number of allylic oxidation sites excluding steroid dienone is 1. The van der Waals surface area contributed by atoms with Crippen LogP contribution in [0.25, 0.3) is 5.57 Å². The van der Waals surface area contributed by atoms with Crippen LogP contribution in [-0.4, -0.2) is 12.1 Å². The second-order valence-corrected chi connectivity index (χ2v) is 7.19. The predicted molar refractivity (Wildman–Crippen MR) is 120 cm³/mol. The zero-order valence-electron chi connectivity index (χ0n) is 16.7. The van der Waals surface area contributed by atoms with Gasteiger partial charge in [-0.1, -0.05) is 49.4 Å². The van der Waals surface area contributed by atoms with Crippen LogP contribution >= 0.6 is 11.6 Å². The summed E-state index contributed by atoms with van der Waals surface area (Å²) in [5.74, 6) is 1.58. The first-order valence-electron chi connectivity index (χ1n) is 9.47. The van der Waals surface area contributed by atoms with Crippen LogP contribution in [0, 0.1) is 0 Å². The molecular formula is C24H25ClN2O2. The summed E-state index contributed by atoms with van der Waals surface area (Å²) in [5, 5.41) is 0.497. The normalized spacial score (nSPS) is 10.6. The summed E-state index contributed by atoms with van der Waals surface area (Å²) in [6.07, 6.45) is 3.25. The Bertz CT molecular complexity index is 1000. The van der Waals surface area contributed by atoms with Crippen LogP contribution in [0.5, 0.6) is 11.5 Å². The van der Waals surface area contributed by atoms with Crippen molar-refractivity contribution in [1.82, 2.24) is 4.98 Å². The van der Waals surface area contributed by atoms with Gasteiger partial charge in [0.1, 0.15) is 12.4 Å². The molecule has 0 fully saturated rings. The van der Waals surface area contributed by atoms with E-state index in [1.165, 1.54) is 5.56 Å². The smallest absolute Gasteiger partial charge is 0.180 e. The zero-order valence-corrected chi connectivity index (χ0v) is 17.5. The van der Waals surface area contributed by atoms with Crippen molar-refractivity contribution in [3.05, 3.63) is 88.6 Å². The Labute approximate surface area is 177 Å². The van der Waals surface area contributed by atoms with Crippen molar-refractivity contribution in [2.75, 3.05) is 12.8 Å². The van der Waals surface area contributed by atoms with Crippen LogP contribution in [0.15, 0.2) is 61.3 Å². The molecule has 0 spiro atoms. The van der Waals surface area contributed by atoms with Crippen molar-refractivity contribution < 1.29 is 9.47 Å². The Morgan fingerprint density at radius 3 is 2.48 bits per heavy atom. The van der Waals surface area contributed by atoms with Gasteiger partial charge in [0.25, 0.3) is 0 Å². The number of ether oxygens (including phenoxy) is 2. The van der Waals surface area contributed by atoms with Crippen molar-refractivity contribution >= 4 is 23.0 Å². The fraction of sp³-hybridized carbons (Fsp3) is 0.208. The van der Waals surface area contributed by atoms with E-state index >= 15 is 0 Å². The summed E-state index contributed by atoms with van der Waals surface area (Å²) >= 11 is 6.52. The van der Waals surface area contributed by atoms with Gasteiger partial charge in [0.15, 0.2) is 11.5 Å². The highest BCUT2D eigenvalue weighted by molar-refractivity contribution is 6.32. The van der Waals surface area contributed by atoms with Gasteiger partial charge in [-0.25, -0.2) is 4.98 Å². The van der Waals surface area contributed by atoms with Gasteiger partial charge in [-0.3, -0.25) is 0 Å². The van der Waals surface area contributed by atoms with Gasteiger partial charge >= 0.3 is 0 Å². The largest absolute Gasteiger partial charge is 0.493 e. The topological polar surface area (TPSA) is 57.4 Å². The molecule has 29 heavy (non-hydrogen) atoms. The molecule has 0 aliphatic carbocycles. The summed E-state index contributed by atoms with van der Waals surface area (Å²) < 4.78 is 11.5. The second-order valence-electron chi connectivity index (χ2n) is 6.78. The van der Waals surface area contributed by atoms with Crippen LogP contribution in [0.1, 0.15) is 29.2 Å². The number of nitrogens with two attached hydrogens (primary N) is 1. The van der Waals surface area contributed by atoms with Crippen LogP contribution in [0.2, 0.25) is 5.02 Å². The third-order valence-electron chi connectivity index (χ3n) is 4.74. The van der Waals surface area contributed by atoms with Crippen LogP contribution in [0.3, 0.4) is 0 Å². The number of halogens is 1. The molecule has 0 aliphatic rings. The number of nitrogens with zero attached hydrogens (tertiary/aromatic N) is 1. The maximum absolute atomic E-state index is 6.52. The Kier molecular flexibility index (Phi) is 6.78. The van der Waals surface area contributed by atoms with Crippen LogP contribution in [-0.2, 0) is 19.4 Å². The van der Waals surface area contributed by atoms with E-state index in [4.69, 9.17) is 26.8 Å². The highest BCUT2D eigenvalue weighted by Crippen LogP contribution is 2.38. The van der Waals surface area contributed by atoms with E-state index in [1.54, 1.807) is 13.3 Å². The zero-order chi connectivity index (χ0) is 20.8. The van der Waals surface area contributed by atoms with Gasteiger partial charge in [-0.15, -0.1) is 0 Å². The van der Waals surface area contributed by atoms with Crippen LogP contribution < -0.4 is 15.2 Å². The Morgan fingerprint density at radius 2 is 1.83 bits per heavy atom. The number of aryl methyl sites for hydroxylation is 1. The lowest BCUT2D eigenvalue weighted by atomic mass is 10.00.